The summed E-state index contributed by atoms with van der Waals surface area (Å²) in [6.07, 6.45) is 11.0. The summed E-state index contributed by atoms with van der Waals surface area (Å²) in [4.78, 5) is 0. The molecule has 3 unspecified atom stereocenters. The molecule has 4 fully saturated rings. The highest BCUT2D eigenvalue weighted by molar-refractivity contribution is 5.43. The van der Waals surface area contributed by atoms with Crippen molar-refractivity contribution < 1.29 is 23.7 Å². The third kappa shape index (κ3) is 2.10. The molecule has 0 radical (unpaired) electrons. The lowest BCUT2D eigenvalue weighted by molar-refractivity contribution is -0.229. The molecule has 3 saturated carbocycles. The lowest BCUT2D eigenvalue weighted by Gasteiger charge is -2.53. The molecule has 5 heteroatoms. The molecule has 1 saturated heterocycles. The smallest absolute Gasteiger partial charge is 0.170 e. The maximum Gasteiger partial charge on any atom is 0.170 e. The normalized spacial score (nSPS) is 50.8. The molecule has 0 spiro atoms. The molecule has 1 heterocycles. The third-order valence-electron chi connectivity index (χ3n) is 9.66. The number of ether oxygens (including phenoxy) is 5. The van der Waals surface area contributed by atoms with E-state index in [0.717, 1.165) is 38.5 Å². The second kappa shape index (κ2) is 6.04. The zero-order valence-corrected chi connectivity index (χ0v) is 18.1. The van der Waals surface area contributed by atoms with Crippen LogP contribution < -0.4 is 0 Å². The van der Waals surface area contributed by atoms with E-state index in [1.54, 1.807) is 26.9 Å². The Labute approximate surface area is 169 Å². The van der Waals surface area contributed by atoms with Crippen LogP contribution in [0, 0.1) is 17.3 Å². The molecule has 1 aliphatic heterocycles. The van der Waals surface area contributed by atoms with Gasteiger partial charge in [0.05, 0.1) is 12.2 Å². The first-order valence-corrected chi connectivity index (χ1v) is 10.9. The molecule has 0 aromatic rings. The molecular formula is C23H36O5. The van der Waals surface area contributed by atoms with Crippen molar-refractivity contribution in [2.45, 2.75) is 80.9 Å². The van der Waals surface area contributed by atoms with E-state index in [1.807, 2.05) is 7.11 Å². The molecule has 4 aliphatic carbocycles. The van der Waals surface area contributed by atoms with Crippen molar-refractivity contribution in [2.24, 2.45) is 17.3 Å². The average molecular weight is 393 g/mol. The van der Waals surface area contributed by atoms with Crippen LogP contribution >= 0.6 is 0 Å². The van der Waals surface area contributed by atoms with E-state index in [0.29, 0.717) is 18.4 Å². The minimum absolute atomic E-state index is 0.0582. The summed E-state index contributed by atoms with van der Waals surface area (Å²) in [6.45, 7) is 3.12. The molecule has 158 valence electrons. The van der Waals surface area contributed by atoms with Gasteiger partial charge in [-0.05, 0) is 55.9 Å². The van der Waals surface area contributed by atoms with Gasteiger partial charge in [-0.2, -0.15) is 0 Å². The van der Waals surface area contributed by atoms with Gasteiger partial charge in [0.15, 0.2) is 5.79 Å². The summed E-state index contributed by atoms with van der Waals surface area (Å²) in [7, 11) is 7.21. The first-order chi connectivity index (χ1) is 13.4. The van der Waals surface area contributed by atoms with Gasteiger partial charge in [0.2, 0.25) is 0 Å². The highest BCUT2D eigenvalue weighted by Gasteiger charge is 2.79. The molecule has 0 amide bonds. The van der Waals surface area contributed by atoms with Crippen LogP contribution in [0.25, 0.3) is 0 Å². The summed E-state index contributed by atoms with van der Waals surface area (Å²) in [5.74, 6) is 0.782. The van der Waals surface area contributed by atoms with Crippen molar-refractivity contribution in [1.29, 1.82) is 0 Å². The van der Waals surface area contributed by atoms with Crippen LogP contribution in [-0.4, -0.2) is 57.6 Å². The molecule has 0 N–H and O–H groups in total. The Balaban J connectivity index is 1.47. The second-order valence-corrected chi connectivity index (χ2v) is 10.1. The van der Waals surface area contributed by atoms with Crippen LogP contribution in [0.5, 0.6) is 0 Å². The van der Waals surface area contributed by atoms with Gasteiger partial charge in [-0.15, -0.1) is 0 Å². The number of epoxide rings is 1. The van der Waals surface area contributed by atoms with Gasteiger partial charge in [-0.3, -0.25) is 0 Å². The number of fused-ring (bicyclic) bond motifs is 3. The zero-order chi connectivity index (χ0) is 19.8. The summed E-state index contributed by atoms with van der Waals surface area (Å²) < 4.78 is 30.1. The van der Waals surface area contributed by atoms with E-state index in [4.69, 9.17) is 23.7 Å². The van der Waals surface area contributed by atoms with E-state index < -0.39 is 5.79 Å². The van der Waals surface area contributed by atoms with E-state index in [9.17, 15) is 0 Å². The van der Waals surface area contributed by atoms with Crippen molar-refractivity contribution in [3.05, 3.63) is 11.6 Å². The second-order valence-electron chi connectivity index (χ2n) is 10.1. The van der Waals surface area contributed by atoms with Gasteiger partial charge in [0, 0.05) is 46.7 Å². The van der Waals surface area contributed by atoms with E-state index in [-0.39, 0.29) is 22.2 Å². The van der Waals surface area contributed by atoms with Crippen LogP contribution in [-0.2, 0) is 23.7 Å². The maximum absolute atomic E-state index is 6.67. The SMILES string of the molecule is COCC1(OC)CC[C@H]2[C@@H]3CCC45CC(OC)(OC)CCC4(O5)C3=CC[C@@]21C. The molecule has 5 rings (SSSR count). The van der Waals surface area contributed by atoms with Crippen molar-refractivity contribution in [1.82, 2.24) is 0 Å². The predicted molar refractivity (Wildman–Crippen MR) is 105 cm³/mol. The summed E-state index contributed by atoms with van der Waals surface area (Å²) in [5.41, 5.74) is 1.42. The van der Waals surface area contributed by atoms with Crippen LogP contribution in [0.1, 0.15) is 58.3 Å². The molecule has 28 heavy (non-hydrogen) atoms. The minimum atomic E-state index is -0.479. The Hall–Kier alpha value is -0.460. The molecule has 0 bridgehead atoms. The number of rotatable bonds is 5. The van der Waals surface area contributed by atoms with Gasteiger partial charge >= 0.3 is 0 Å². The molecule has 0 aromatic carbocycles. The number of methoxy groups -OCH3 is 4. The van der Waals surface area contributed by atoms with Gasteiger partial charge in [-0.1, -0.05) is 13.0 Å². The van der Waals surface area contributed by atoms with E-state index in [2.05, 4.69) is 13.0 Å². The van der Waals surface area contributed by atoms with Crippen LogP contribution in [0.4, 0.5) is 0 Å². The van der Waals surface area contributed by atoms with Crippen LogP contribution in [0.2, 0.25) is 0 Å². The first kappa shape index (κ1) is 19.5. The Morgan fingerprint density at radius 2 is 1.79 bits per heavy atom. The third-order valence-corrected chi connectivity index (χ3v) is 9.66. The lowest BCUT2D eigenvalue weighted by Crippen LogP contribution is -2.56. The van der Waals surface area contributed by atoms with Gasteiger partial charge < -0.3 is 23.7 Å². The van der Waals surface area contributed by atoms with Crippen molar-refractivity contribution in [2.75, 3.05) is 35.0 Å². The fraction of sp³-hybridized carbons (Fsp3) is 0.913. The maximum atomic E-state index is 6.67. The van der Waals surface area contributed by atoms with Crippen molar-refractivity contribution in [3.63, 3.8) is 0 Å². The van der Waals surface area contributed by atoms with Crippen LogP contribution in [0.3, 0.4) is 0 Å². The summed E-state index contributed by atoms with van der Waals surface area (Å²) >= 11 is 0. The number of hydrogen-bond acceptors (Lipinski definition) is 5. The fourth-order valence-corrected chi connectivity index (χ4v) is 7.97. The van der Waals surface area contributed by atoms with Gasteiger partial charge in [0.1, 0.15) is 11.2 Å². The fourth-order valence-electron chi connectivity index (χ4n) is 7.97. The summed E-state index contributed by atoms with van der Waals surface area (Å²) in [5, 5.41) is 0. The predicted octanol–water partition coefficient (Wildman–Crippen LogP) is 3.86. The molecule has 5 nitrogen and oxygen atoms in total. The van der Waals surface area contributed by atoms with E-state index in [1.165, 1.54) is 12.8 Å². The van der Waals surface area contributed by atoms with Gasteiger partial charge in [-0.25, -0.2) is 0 Å². The largest absolute Gasteiger partial charge is 0.382 e. The topological polar surface area (TPSA) is 49.5 Å². The minimum Gasteiger partial charge on any atom is -0.382 e. The molecule has 0 aromatic heterocycles. The Morgan fingerprint density at radius 3 is 2.46 bits per heavy atom. The van der Waals surface area contributed by atoms with E-state index >= 15 is 0 Å². The van der Waals surface area contributed by atoms with Crippen molar-refractivity contribution in [3.8, 4) is 0 Å². The van der Waals surface area contributed by atoms with Gasteiger partial charge in [0.25, 0.3) is 0 Å². The average Bonchev–Trinajstić information content (AvgIpc) is 3.32. The Bertz CT molecular complexity index is 686. The highest BCUT2D eigenvalue weighted by Crippen LogP contribution is 2.74. The number of allylic oxidation sites excluding steroid dienone is 1. The standard InChI is InChI=1S/C23H36O5/c1-19-9-7-18-16(17(19)8-11-21(19,25-3)15-24-2)6-10-20-14-22(26-4,27-5)12-13-23(18,20)28-20/h7,16-17H,6,8-15H2,1-5H3/t16-,17-,19-,20?,21?,23?/m0/s1. The zero-order valence-electron chi connectivity index (χ0n) is 18.1. The monoisotopic (exact) mass is 392 g/mol. The summed E-state index contributed by atoms with van der Waals surface area (Å²) in [6, 6.07) is 0. The van der Waals surface area contributed by atoms with Crippen LogP contribution in [0.15, 0.2) is 11.6 Å². The quantitative estimate of drug-likeness (QED) is 0.404. The molecule has 6 atom stereocenters. The number of hydrogen-bond donors (Lipinski definition) is 0. The molecular weight excluding hydrogens is 356 g/mol. The Kier molecular flexibility index (Phi) is 4.21. The van der Waals surface area contributed by atoms with Crippen molar-refractivity contribution >= 4 is 0 Å². The highest BCUT2D eigenvalue weighted by atomic mass is 16.7. The Morgan fingerprint density at radius 1 is 1.00 bits per heavy atom. The first-order valence-electron chi connectivity index (χ1n) is 10.9. The molecule has 5 aliphatic rings. The lowest BCUT2D eigenvalue weighted by atomic mass is 9.53.